The molecule has 0 unspecified atom stereocenters. The van der Waals surface area contributed by atoms with Crippen molar-refractivity contribution < 1.29 is 18.9 Å². The summed E-state index contributed by atoms with van der Waals surface area (Å²) < 4.78 is 26.7. The van der Waals surface area contributed by atoms with Gasteiger partial charge < -0.3 is 18.9 Å². The first-order valence-corrected chi connectivity index (χ1v) is 18.8. The van der Waals surface area contributed by atoms with E-state index in [2.05, 4.69) is 97.1 Å². The van der Waals surface area contributed by atoms with E-state index < -0.39 is 0 Å². The van der Waals surface area contributed by atoms with Crippen LogP contribution >= 0.6 is 0 Å². The molecule has 0 N–H and O–H groups in total. The molecule has 0 saturated carbocycles. The largest absolute Gasteiger partial charge is 0.489 e. The smallest absolute Gasteiger partial charge is 0.169 e. The summed E-state index contributed by atoms with van der Waals surface area (Å²) in [4.78, 5) is 0. The summed E-state index contributed by atoms with van der Waals surface area (Å²) in [6.07, 6.45) is 10.8. The number of fused-ring (bicyclic) bond motifs is 6. The molecule has 1 aliphatic heterocycles. The molecule has 1 aliphatic rings. The molecule has 1 heterocycles. The summed E-state index contributed by atoms with van der Waals surface area (Å²) in [5.74, 6) is 3.60. The van der Waals surface area contributed by atoms with Crippen molar-refractivity contribution in [2.75, 3.05) is 26.4 Å². The van der Waals surface area contributed by atoms with Gasteiger partial charge in [0.25, 0.3) is 0 Å². The van der Waals surface area contributed by atoms with Crippen LogP contribution in [-0.4, -0.2) is 26.4 Å². The fourth-order valence-electron chi connectivity index (χ4n) is 8.30. The van der Waals surface area contributed by atoms with Crippen molar-refractivity contribution in [3.63, 3.8) is 0 Å². The van der Waals surface area contributed by atoms with Crippen LogP contribution in [0, 0.1) is 0 Å². The third kappa shape index (κ3) is 5.55. The van der Waals surface area contributed by atoms with Crippen molar-refractivity contribution in [3.05, 3.63) is 97.1 Å². The lowest BCUT2D eigenvalue weighted by molar-refractivity contribution is 0.254. The van der Waals surface area contributed by atoms with E-state index in [0.29, 0.717) is 26.4 Å². The molecule has 8 aromatic carbocycles. The second-order valence-electron chi connectivity index (χ2n) is 14.0. The van der Waals surface area contributed by atoms with E-state index in [9.17, 15) is 0 Å². The molecular weight excluding hydrogens is 617 g/mol. The molecule has 0 bridgehead atoms. The standard InChI is InChI=1S/C46H44O4/c1-3-7-27-47-43-35-19-11-15-31-23-25-33-17-13-21-37(41(33)39(31)35)45(43)49-29-9-5-2-6-10-30-50-46-38-22-14-18-34-26-24-32-16-12-20-36(40(32)42(34)38)44(46)48-28-8-4-1/h11-26H,1-10,27-30H2. The maximum atomic E-state index is 6.69. The van der Waals surface area contributed by atoms with Crippen LogP contribution in [0.4, 0.5) is 0 Å². The van der Waals surface area contributed by atoms with Crippen molar-refractivity contribution >= 4 is 64.6 Å². The van der Waals surface area contributed by atoms with Gasteiger partial charge in [-0.05, 0) is 47.2 Å². The van der Waals surface area contributed by atoms with Crippen LogP contribution in [0.1, 0.15) is 64.2 Å². The maximum absolute atomic E-state index is 6.69. The number of rotatable bonds is 0. The van der Waals surface area contributed by atoms with E-state index in [0.717, 1.165) is 109 Å². The minimum atomic E-state index is 0.676. The van der Waals surface area contributed by atoms with Crippen LogP contribution < -0.4 is 18.9 Å². The van der Waals surface area contributed by atoms with Gasteiger partial charge in [-0.3, -0.25) is 0 Å². The molecule has 4 heteroatoms. The zero-order chi connectivity index (χ0) is 33.3. The summed E-state index contributed by atoms with van der Waals surface area (Å²) in [5.41, 5.74) is 0. The predicted octanol–water partition coefficient (Wildman–Crippen LogP) is 12.6. The highest BCUT2D eigenvalue weighted by atomic mass is 16.5. The Morgan fingerprint density at radius 1 is 0.260 bits per heavy atom. The number of benzene rings is 8. The first-order chi connectivity index (χ1) is 24.9. The fourth-order valence-corrected chi connectivity index (χ4v) is 8.30. The van der Waals surface area contributed by atoms with Gasteiger partial charge in [0.2, 0.25) is 0 Å². The molecule has 0 fully saturated rings. The SMILES string of the molecule is c1cc2ccc3cccc4c5c(c(c1)c2c34)OCCCCCCCOc1c(c2cccc3ccc4cccc1c4c32)OCCCCCCCO5. The van der Waals surface area contributed by atoms with Crippen LogP contribution in [0.3, 0.4) is 0 Å². The van der Waals surface area contributed by atoms with Crippen LogP contribution in [0.2, 0.25) is 0 Å². The lowest BCUT2D eigenvalue weighted by Crippen LogP contribution is -2.06. The Bertz CT molecular complexity index is 2070. The second-order valence-corrected chi connectivity index (χ2v) is 14.0. The van der Waals surface area contributed by atoms with E-state index >= 15 is 0 Å². The molecule has 9 rings (SSSR count). The van der Waals surface area contributed by atoms with Gasteiger partial charge in [-0.1, -0.05) is 136 Å². The molecule has 0 saturated heterocycles. The normalized spacial score (nSPS) is 16.3. The molecular formula is C46H44O4. The van der Waals surface area contributed by atoms with Gasteiger partial charge in [-0.15, -0.1) is 0 Å². The van der Waals surface area contributed by atoms with Gasteiger partial charge in [0.1, 0.15) is 0 Å². The van der Waals surface area contributed by atoms with Crippen molar-refractivity contribution in [1.82, 2.24) is 0 Å². The van der Waals surface area contributed by atoms with Crippen molar-refractivity contribution in [2.24, 2.45) is 0 Å². The maximum Gasteiger partial charge on any atom is 0.169 e. The first-order valence-electron chi connectivity index (χ1n) is 18.8. The Kier molecular flexibility index (Phi) is 8.54. The molecule has 0 atom stereocenters. The molecule has 4 nitrogen and oxygen atoms in total. The molecule has 50 heavy (non-hydrogen) atoms. The predicted molar refractivity (Wildman–Crippen MR) is 208 cm³/mol. The van der Waals surface area contributed by atoms with Crippen LogP contribution in [-0.2, 0) is 0 Å². The average molecular weight is 661 g/mol. The summed E-state index contributed by atoms with van der Waals surface area (Å²) in [7, 11) is 0. The highest BCUT2D eigenvalue weighted by Crippen LogP contribution is 2.49. The molecule has 0 aromatic heterocycles. The molecule has 0 amide bonds. The van der Waals surface area contributed by atoms with Crippen molar-refractivity contribution in [1.29, 1.82) is 0 Å². The first kappa shape index (κ1) is 31.1. The van der Waals surface area contributed by atoms with E-state index in [4.69, 9.17) is 18.9 Å². The van der Waals surface area contributed by atoms with Gasteiger partial charge in [0.15, 0.2) is 23.0 Å². The van der Waals surface area contributed by atoms with Gasteiger partial charge >= 0.3 is 0 Å². The monoisotopic (exact) mass is 660 g/mol. The fraction of sp³-hybridized carbons (Fsp3) is 0.304. The topological polar surface area (TPSA) is 36.9 Å². The summed E-state index contributed by atoms with van der Waals surface area (Å²) in [6.45, 7) is 2.71. The molecule has 0 radical (unpaired) electrons. The summed E-state index contributed by atoms with van der Waals surface area (Å²) >= 11 is 0. The minimum Gasteiger partial charge on any atom is -0.489 e. The quantitative estimate of drug-likeness (QED) is 0.152. The third-order valence-electron chi connectivity index (χ3n) is 10.7. The summed E-state index contributed by atoms with van der Waals surface area (Å²) in [5, 5.41) is 14.7. The number of hydrogen-bond donors (Lipinski definition) is 0. The van der Waals surface area contributed by atoms with Gasteiger partial charge in [-0.25, -0.2) is 0 Å². The van der Waals surface area contributed by atoms with Crippen LogP contribution in [0.5, 0.6) is 23.0 Å². The van der Waals surface area contributed by atoms with E-state index in [1.807, 2.05) is 0 Å². The third-order valence-corrected chi connectivity index (χ3v) is 10.7. The van der Waals surface area contributed by atoms with E-state index in [-0.39, 0.29) is 0 Å². The zero-order valence-corrected chi connectivity index (χ0v) is 28.8. The van der Waals surface area contributed by atoms with Crippen molar-refractivity contribution in [2.45, 2.75) is 64.2 Å². The minimum absolute atomic E-state index is 0.676. The molecule has 0 aliphatic carbocycles. The van der Waals surface area contributed by atoms with Crippen LogP contribution in [0.15, 0.2) is 97.1 Å². The van der Waals surface area contributed by atoms with Gasteiger partial charge in [0.05, 0.1) is 26.4 Å². The van der Waals surface area contributed by atoms with Crippen LogP contribution in [0.25, 0.3) is 64.6 Å². The Labute approximate surface area is 293 Å². The Morgan fingerprint density at radius 2 is 0.500 bits per heavy atom. The highest BCUT2D eigenvalue weighted by molar-refractivity contribution is 6.27. The van der Waals surface area contributed by atoms with E-state index in [1.165, 1.54) is 43.1 Å². The average Bonchev–Trinajstić information content (AvgIpc) is 3.15. The Balaban J connectivity index is 0.967. The molecule has 0 spiro atoms. The van der Waals surface area contributed by atoms with Gasteiger partial charge in [-0.2, -0.15) is 0 Å². The lowest BCUT2D eigenvalue weighted by atomic mass is 9.93. The Morgan fingerprint density at radius 3 is 0.760 bits per heavy atom. The number of ether oxygens (including phenoxy) is 4. The van der Waals surface area contributed by atoms with E-state index in [1.54, 1.807) is 0 Å². The van der Waals surface area contributed by atoms with Crippen molar-refractivity contribution in [3.8, 4) is 23.0 Å². The number of hydrogen-bond acceptors (Lipinski definition) is 4. The highest BCUT2D eigenvalue weighted by Gasteiger charge is 2.22. The molecule has 8 aromatic rings. The lowest BCUT2D eigenvalue weighted by Gasteiger charge is -2.21. The van der Waals surface area contributed by atoms with Gasteiger partial charge in [0, 0.05) is 43.1 Å². The Hall–Kier alpha value is -4.96. The molecule has 252 valence electrons. The zero-order valence-electron chi connectivity index (χ0n) is 28.8. The second kappa shape index (κ2) is 13.7. The summed E-state index contributed by atoms with van der Waals surface area (Å²) in [6, 6.07) is 35.1.